The normalized spacial score (nSPS) is 10.7. The molecule has 5 heteroatoms. The van der Waals surface area contributed by atoms with Crippen molar-refractivity contribution >= 4 is 28.5 Å². The minimum atomic E-state index is -1.44. The first-order chi connectivity index (χ1) is 6.50. The molecule has 0 saturated carbocycles. The monoisotopic (exact) mass is 257 g/mol. The van der Waals surface area contributed by atoms with Gasteiger partial charge in [-0.15, -0.1) is 0 Å². The van der Waals surface area contributed by atoms with Crippen LogP contribution in [0.3, 0.4) is 0 Å². The second-order valence-corrected chi connectivity index (χ2v) is 4.44. The Labute approximate surface area is 92.5 Å². The molecule has 0 atom stereocenters. The molecular weight excluding hydrogens is 245 g/mol. The molecule has 1 aromatic rings. The molecule has 0 spiro atoms. The van der Waals surface area contributed by atoms with Crippen molar-refractivity contribution < 1.29 is 10.0 Å². The molecule has 0 aliphatic carbocycles. The summed E-state index contributed by atoms with van der Waals surface area (Å²) in [7, 11) is -1.44. The Kier molecular flexibility index (Phi) is 4.10. The first-order valence-electron chi connectivity index (χ1n) is 4.51. The van der Waals surface area contributed by atoms with Gasteiger partial charge in [0.1, 0.15) is 4.60 Å². The van der Waals surface area contributed by atoms with Crippen LogP contribution in [0.5, 0.6) is 0 Å². The highest BCUT2D eigenvalue weighted by Crippen LogP contribution is 2.15. The van der Waals surface area contributed by atoms with Crippen molar-refractivity contribution in [2.24, 2.45) is 5.92 Å². The van der Waals surface area contributed by atoms with E-state index in [1.54, 1.807) is 6.07 Å². The Morgan fingerprint density at radius 1 is 1.50 bits per heavy atom. The maximum atomic E-state index is 8.97. The van der Waals surface area contributed by atoms with Gasteiger partial charge in [0.2, 0.25) is 0 Å². The minimum Gasteiger partial charge on any atom is -0.423 e. The van der Waals surface area contributed by atoms with Gasteiger partial charge in [-0.3, -0.25) is 0 Å². The van der Waals surface area contributed by atoms with Crippen molar-refractivity contribution in [2.75, 3.05) is 0 Å². The van der Waals surface area contributed by atoms with Crippen LogP contribution in [0.15, 0.2) is 16.9 Å². The van der Waals surface area contributed by atoms with Crippen LogP contribution in [0.25, 0.3) is 0 Å². The average Bonchev–Trinajstić information content (AvgIpc) is 2.07. The molecule has 0 fully saturated rings. The molecular formula is C9H13BBrNO2. The van der Waals surface area contributed by atoms with Crippen LogP contribution in [-0.4, -0.2) is 22.2 Å². The standard InChI is InChI=1S/C9H13BBrNO2/c1-6(2)3-7-4-8(10(13)14)5-12-9(7)11/h4-6,13-14H,3H2,1-2H3. The number of aromatic nitrogens is 1. The number of halogens is 1. The van der Waals surface area contributed by atoms with Crippen LogP contribution in [0, 0.1) is 5.92 Å². The molecule has 1 aromatic heterocycles. The SMILES string of the molecule is CC(C)Cc1cc(B(O)O)cnc1Br. The van der Waals surface area contributed by atoms with Crippen molar-refractivity contribution in [3.63, 3.8) is 0 Å². The van der Waals surface area contributed by atoms with Gasteiger partial charge in [0.25, 0.3) is 0 Å². The summed E-state index contributed by atoms with van der Waals surface area (Å²) in [5, 5.41) is 17.9. The quantitative estimate of drug-likeness (QED) is 0.620. The summed E-state index contributed by atoms with van der Waals surface area (Å²) in [4.78, 5) is 4.05. The largest absolute Gasteiger partial charge is 0.490 e. The molecule has 3 nitrogen and oxygen atoms in total. The van der Waals surface area contributed by atoms with Gasteiger partial charge in [-0.1, -0.05) is 19.9 Å². The molecule has 0 unspecified atom stereocenters. The lowest BCUT2D eigenvalue weighted by atomic mass is 9.80. The molecule has 1 heterocycles. The third-order valence-electron chi connectivity index (χ3n) is 1.86. The Morgan fingerprint density at radius 2 is 2.14 bits per heavy atom. The first-order valence-corrected chi connectivity index (χ1v) is 5.30. The van der Waals surface area contributed by atoms with Gasteiger partial charge >= 0.3 is 7.12 Å². The fraction of sp³-hybridized carbons (Fsp3) is 0.444. The lowest BCUT2D eigenvalue weighted by molar-refractivity contribution is 0.425. The van der Waals surface area contributed by atoms with E-state index >= 15 is 0 Å². The summed E-state index contributed by atoms with van der Waals surface area (Å²) in [6.45, 7) is 4.21. The Morgan fingerprint density at radius 3 is 2.64 bits per heavy atom. The summed E-state index contributed by atoms with van der Waals surface area (Å²) in [5.41, 5.74) is 1.44. The van der Waals surface area contributed by atoms with Gasteiger partial charge in [-0.25, -0.2) is 4.98 Å². The number of nitrogens with zero attached hydrogens (tertiary/aromatic N) is 1. The second-order valence-electron chi connectivity index (χ2n) is 3.69. The van der Waals surface area contributed by atoms with Crippen LogP contribution in [0.4, 0.5) is 0 Å². The lowest BCUT2D eigenvalue weighted by Crippen LogP contribution is -2.30. The zero-order valence-corrected chi connectivity index (χ0v) is 9.82. The zero-order chi connectivity index (χ0) is 10.7. The first kappa shape index (κ1) is 11.7. The second kappa shape index (κ2) is 4.91. The molecule has 2 N–H and O–H groups in total. The van der Waals surface area contributed by atoms with Crippen molar-refractivity contribution in [1.82, 2.24) is 4.98 Å². The zero-order valence-electron chi connectivity index (χ0n) is 8.24. The van der Waals surface area contributed by atoms with Crippen LogP contribution < -0.4 is 5.46 Å². The maximum absolute atomic E-state index is 8.97. The van der Waals surface area contributed by atoms with Crippen molar-refractivity contribution in [2.45, 2.75) is 20.3 Å². The predicted octanol–water partition coefficient (Wildman–Crippen LogP) is 0.722. The van der Waals surface area contributed by atoms with Crippen LogP contribution in [0.2, 0.25) is 0 Å². The highest BCUT2D eigenvalue weighted by Gasteiger charge is 2.14. The highest BCUT2D eigenvalue weighted by atomic mass is 79.9. The van der Waals surface area contributed by atoms with Gasteiger partial charge in [-0.2, -0.15) is 0 Å². The van der Waals surface area contributed by atoms with E-state index in [-0.39, 0.29) is 0 Å². The van der Waals surface area contributed by atoms with E-state index < -0.39 is 7.12 Å². The summed E-state index contributed by atoms with van der Waals surface area (Å²) < 4.78 is 0.774. The molecule has 0 amide bonds. The van der Waals surface area contributed by atoms with Gasteiger partial charge in [0.15, 0.2) is 0 Å². The molecule has 14 heavy (non-hydrogen) atoms. The predicted molar refractivity (Wildman–Crippen MR) is 60.3 cm³/mol. The number of pyridine rings is 1. The average molecular weight is 258 g/mol. The molecule has 0 aliphatic heterocycles. The molecule has 0 saturated heterocycles. The van der Waals surface area contributed by atoms with E-state index in [2.05, 4.69) is 34.8 Å². The van der Waals surface area contributed by atoms with Crippen LogP contribution in [-0.2, 0) is 6.42 Å². The molecule has 0 aromatic carbocycles. The molecule has 0 aliphatic rings. The fourth-order valence-electron chi connectivity index (χ4n) is 1.24. The van der Waals surface area contributed by atoms with Gasteiger partial charge in [0, 0.05) is 11.7 Å². The highest BCUT2D eigenvalue weighted by molar-refractivity contribution is 9.10. The topological polar surface area (TPSA) is 53.4 Å². The Balaban J connectivity index is 2.96. The maximum Gasteiger partial charge on any atom is 0.490 e. The minimum absolute atomic E-state index is 0.434. The van der Waals surface area contributed by atoms with E-state index in [0.29, 0.717) is 11.4 Å². The Hall–Kier alpha value is -0.385. The lowest BCUT2D eigenvalue weighted by Gasteiger charge is -2.08. The molecule has 0 bridgehead atoms. The van der Waals surface area contributed by atoms with E-state index in [1.165, 1.54) is 6.20 Å². The number of rotatable bonds is 3. The van der Waals surface area contributed by atoms with E-state index in [4.69, 9.17) is 10.0 Å². The fourth-order valence-corrected chi connectivity index (χ4v) is 1.62. The van der Waals surface area contributed by atoms with E-state index in [9.17, 15) is 0 Å². The van der Waals surface area contributed by atoms with E-state index in [1.807, 2.05) is 0 Å². The number of hydrogen-bond acceptors (Lipinski definition) is 3. The van der Waals surface area contributed by atoms with Crippen molar-refractivity contribution in [3.8, 4) is 0 Å². The summed E-state index contributed by atoms with van der Waals surface area (Å²) in [6, 6.07) is 1.77. The summed E-state index contributed by atoms with van der Waals surface area (Å²) in [5.74, 6) is 0.513. The number of hydrogen-bond donors (Lipinski definition) is 2. The molecule has 1 rings (SSSR count). The van der Waals surface area contributed by atoms with Crippen LogP contribution >= 0.6 is 15.9 Å². The smallest absolute Gasteiger partial charge is 0.423 e. The van der Waals surface area contributed by atoms with Crippen molar-refractivity contribution in [3.05, 3.63) is 22.4 Å². The summed E-state index contributed by atoms with van der Waals surface area (Å²) >= 11 is 3.33. The third kappa shape index (κ3) is 3.08. The van der Waals surface area contributed by atoms with Crippen molar-refractivity contribution in [1.29, 1.82) is 0 Å². The van der Waals surface area contributed by atoms with E-state index in [0.717, 1.165) is 16.6 Å². The molecule has 0 radical (unpaired) electrons. The van der Waals surface area contributed by atoms with Gasteiger partial charge in [0.05, 0.1) is 0 Å². The van der Waals surface area contributed by atoms with Crippen LogP contribution in [0.1, 0.15) is 19.4 Å². The van der Waals surface area contributed by atoms with Gasteiger partial charge < -0.3 is 10.0 Å². The third-order valence-corrected chi connectivity index (χ3v) is 2.57. The molecule has 76 valence electrons. The summed E-state index contributed by atoms with van der Waals surface area (Å²) in [6.07, 6.45) is 2.33. The van der Waals surface area contributed by atoms with Gasteiger partial charge in [-0.05, 0) is 33.8 Å². The Bertz CT molecular complexity index is 318.